The van der Waals surface area contributed by atoms with Crippen LogP contribution in [0.25, 0.3) is 0 Å². The van der Waals surface area contributed by atoms with Gasteiger partial charge in [0.25, 0.3) is 0 Å². The predicted molar refractivity (Wildman–Crippen MR) is 59.9 cm³/mol. The third-order valence-electron chi connectivity index (χ3n) is 2.88. The van der Waals surface area contributed by atoms with Crippen LogP contribution in [-0.4, -0.2) is 30.1 Å². The Bertz CT molecular complexity index is 365. The van der Waals surface area contributed by atoms with Gasteiger partial charge in [-0.15, -0.1) is 0 Å². The minimum Gasteiger partial charge on any atom is -0.480 e. The molecule has 0 unspecified atom stereocenters. The number of nitrogens with zero attached hydrogens (tertiary/aromatic N) is 2. The van der Waals surface area contributed by atoms with E-state index in [1.807, 2.05) is 6.07 Å². The number of pyridine rings is 1. The maximum atomic E-state index is 5.84. The van der Waals surface area contributed by atoms with Gasteiger partial charge in [-0.3, -0.25) is 4.90 Å². The first-order valence-electron chi connectivity index (χ1n) is 5.29. The monoisotopic (exact) mass is 207 g/mol. The number of nitrogen functional groups attached to an aromatic ring is 1. The summed E-state index contributed by atoms with van der Waals surface area (Å²) in [6, 6.07) is 1.99. The van der Waals surface area contributed by atoms with E-state index in [2.05, 4.69) is 16.8 Å². The fraction of sp³-hybridized carbons (Fsp3) is 0.545. The highest BCUT2D eigenvalue weighted by atomic mass is 16.5. The lowest BCUT2D eigenvalue weighted by Crippen LogP contribution is -2.30. The zero-order chi connectivity index (χ0) is 10.8. The Hall–Kier alpha value is -1.29. The molecule has 2 N–H and O–H groups in total. The molecule has 2 rings (SSSR count). The third kappa shape index (κ3) is 1.90. The van der Waals surface area contributed by atoms with Crippen molar-refractivity contribution in [3.05, 3.63) is 17.3 Å². The minimum atomic E-state index is 0.554. The number of nitrogens with two attached hydrogens (primary N) is 1. The molecule has 15 heavy (non-hydrogen) atoms. The summed E-state index contributed by atoms with van der Waals surface area (Å²) >= 11 is 0. The number of ether oxygens (including phenoxy) is 1. The Morgan fingerprint density at radius 2 is 2.40 bits per heavy atom. The van der Waals surface area contributed by atoms with Crippen LogP contribution >= 0.6 is 0 Å². The van der Waals surface area contributed by atoms with E-state index in [0.29, 0.717) is 11.6 Å². The summed E-state index contributed by atoms with van der Waals surface area (Å²) in [4.78, 5) is 6.81. The van der Waals surface area contributed by atoms with Crippen molar-refractivity contribution >= 4 is 5.69 Å². The van der Waals surface area contributed by atoms with Crippen molar-refractivity contribution in [2.75, 3.05) is 25.9 Å². The van der Waals surface area contributed by atoms with E-state index in [-0.39, 0.29) is 0 Å². The molecule has 0 aliphatic carbocycles. The number of hydrogen-bond acceptors (Lipinski definition) is 4. The van der Waals surface area contributed by atoms with Crippen molar-refractivity contribution in [2.24, 2.45) is 0 Å². The molecule has 1 aromatic heterocycles. The molecule has 0 bridgehead atoms. The zero-order valence-corrected chi connectivity index (χ0v) is 9.29. The number of fused-ring (bicyclic) bond motifs is 1. The quantitative estimate of drug-likeness (QED) is 0.787. The molecule has 1 aliphatic rings. The van der Waals surface area contributed by atoms with E-state index in [4.69, 9.17) is 10.5 Å². The Kier molecular flexibility index (Phi) is 2.77. The topological polar surface area (TPSA) is 51.4 Å². The smallest absolute Gasteiger partial charge is 0.237 e. The van der Waals surface area contributed by atoms with Gasteiger partial charge in [0.2, 0.25) is 5.88 Å². The van der Waals surface area contributed by atoms with Gasteiger partial charge in [0.05, 0.1) is 18.5 Å². The lowest BCUT2D eigenvalue weighted by atomic mass is 10.1. The molecule has 0 spiro atoms. The van der Waals surface area contributed by atoms with Gasteiger partial charge in [0.1, 0.15) is 0 Å². The minimum absolute atomic E-state index is 0.554. The average molecular weight is 207 g/mol. The molecule has 0 saturated heterocycles. The Morgan fingerprint density at radius 1 is 1.60 bits per heavy atom. The Labute approximate surface area is 90.0 Å². The lowest BCUT2D eigenvalue weighted by molar-refractivity contribution is 0.264. The van der Waals surface area contributed by atoms with Gasteiger partial charge in [-0.25, -0.2) is 4.98 Å². The van der Waals surface area contributed by atoms with Crippen LogP contribution in [0, 0.1) is 0 Å². The third-order valence-corrected chi connectivity index (χ3v) is 2.88. The van der Waals surface area contributed by atoms with Crippen molar-refractivity contribution in [3.63, 3.8) is 0 Å². The van der Waals surface area contributed by atoms with E-state index in [9.17, 15) is 0 Å². The van der Waals surface area contributed by atoms with Gasteiger partial charge in [-0.05, 0) is 18.2 Å². The molecule has 0 aromatic carbocycles. The van der Waals surface area contributed by atoms with Gasteiger partial charge >= 0.3 is 0 Å². The zero-order valence-electron chi connectivity index (χ0n) is 9.29. The Morgan fingerprint density at radius 3 is 3.07 bits per heavy atom. The predicted octanol–water partition coefficient (Wildman–Crippen LogP) is 1.05. The fourth-order valence-corrected chi connectivity index (χ4v) is 1.96. The molecule has 1 aromatic rings. The molecule has 0 fully saturated rings. The van der Waals surface area contributed by atoms with Crippen LogP contribution in [0.3, 0.4) is 0 Å². The van der Waals surface area contributed by atoms with Crippen LogP contribution in [0.4, 0.5) is 5.69 Å². The first kappa shape index (κ1) is 10.2. The van der Waals surface area contributed by atoms with E-state index in [0.717, 1.165) is 31.7 Å². The van der Waals surface area contributed by atoms with Gasteiger partial charge in [0, 0.05) is 19.5 Å². The molecule has 82 valence electrons. The first-order valence-corrected chi connectivity index (χ1v) is 5.29. The maximum Gasteiger partial charge on any atom is 0.237 e. The van der Waals surface area contributed by atoms with Gasteiger partial charge in [0.15, 0.2) is 0 Å². The van der Waals surface area contributed by atoms with E-state index >= 15 is 0 Å². The highest BCUT2D eigenvalue weighted by Gasteiger charge is 2.18. The standard InChI is InChI=1S/C11H17N3O/c1-3-14-5-4-10-8(7-14)6-9(12)11(13-10)15-2/h6H,3-5,7,12H2,1-2H3. The molecule has 0 radical (unpaired) electrons. The first-order chi connectivity index (χ1) is 7.24. The molecule has 4 nitrogen and oxygen atoms in total. The Balaban J connectivity index is 2.32. The van der Waals surface area contributed by atoms with E-state index < -0.39 is 0 Å². The van der Waals surface area contributed by atoms with Gasteiger partial charge in [-0.1, -0.05) is 6.92 Å². The summed E-state index contributed by atoms with van der Waals surface area (Å²) in [7, 11) is 1.60. The molecule has 0 atom stereocenters. The molecule has 1 aliphatic heterocycles. The number of anilines is 1. The highest BCUT2D eigenvalue weighted by molar-refractivity contribution is 5.51. The average Bonchev–Trinajstić information content (AvgIpc) is 2.27. The van der Waals surface area contributed by atoms with Crippen LogP contribution in [0.1, 0.15) is 18.2 Å². The second kappa shape index (κ2) is 4.06. The van der Waals surface area contributed by atoms with Crippen molar-refractivity contribution in [1.29, 1.82) is 0 Å². The number of methoxy groups -OCH3 is 1. The lowest BCUT2D eigenvalue weighted by Gasteiger charge is -2.27. The number of rotatable bonds is 2. The summed E-state index contributed by atoms with van der Waals surface area (Å²) in [6.45, 7) is 5.27. The van der Waals surface area contributed by atoms with Crippen LogP contribution < -0.4 is 10.5 Å². The van der Waals surface area contributed by atoms with E-state index in [1.165, 1.54) is 5.56 Å². The van der Waals surface area contributed by atoms with Crippen molar-refractivity contribution in [1.82, 2.24) is 9.88 Å². The fourth-order valence-electron chi connectivity index (χ4n) is 1.96. The molecular formula is C11H17N3O. The molecule has 0 saturated carbocycles. The van der Waals surface area contributed by atoms with Gasteiger partial charge < -0.3 is 10.5 Å². The SMILES string of the molecule is CCN1CCc2nc(OC)c(N)cc2C1. The van der Waals surface area contributed by atoms with Crippen molar-refractivity contribution in [2.45, 2.75) is 19.9 Å². The number of hydrogen-bond donors (Lipinski definition) is 1. The molecule has 2 heterocycles. The largest absolute Gasteiger partial charge is 0.480 e. The second-order valence-corrected chi connectivity index (χ2v) is 3.81. The van der Waals surface area contributed by atoms with Crippen molar-refractivity contribution in [3.8, 4) is 5.88 Å². The summed E-state index contributed by atoms with van der Waals surface area (Å²) in [5.74, 6) is 0.554. The van der Waals surface area contributed by atoms with Crippen molar-refractivity contribution < 1.29 is 4.74 Å². The van der Waals surface area contributed by atoms with Crippen LogP contribution in [0.15, 0.2) is 6.07 Å². The summed E-state index contributed by atoms with van der Waals surface area (Å²) < 4.78 is 5.11. The highest BCUT2D eigenvalue weighted by Crippen LogP contribution is 2.25. The second-order valence-electron chi connectivity index (χ2n) is 3.81. The normalized spacial score (nSPS) is 16.1. The van der Waals surface area contributed by atoms with E-state index in [1.54, 1.807) is 7.11 Å². The van der Waals surface area contributed by atoms with Crippen LogP contribution in [0.5, 0.6) is 5.88 Å². The molecular weight excluding hydrogens is 190 g/mol. The maximum absolute atomic E-state index is 5.84. The van der Waals surface area contributed by atoms with Gasteiger partial charge in [-0.2, -0.15) is 0 Å². The summed E-state index contributed by atoms with van der Waals surface area (Å²) in [5.41, 5.74) is 8.84. The molecule has 4 heteroatoms. The number of likely N-dealkylation sites (N-methyl/N-ethyl adjacent to an activating group) is 1. The molecule has 0 amide bonds. The number of aromatic nitrogens is 1. The van der Waals surface area contributed by atoms with Crippen LogP contribution in [-0.2, 0) is 13.0 Å². The summed E-state index contributed by atoms with van der Waals surface area (Å²) in [5, 5.41) is 0. The summed E-state index contributed by atoms with van der Waals surface area (Å²) in [6.07, 6.45) is 0.986. The van der Waals surface area contributed by atoms with Crippen LogP contribution in [0.2, 0.25) is 0 Å².